The van der Waals surface area contributed by atoms with Gasteiger partial charge in [0.25, 0.3) is 0 Å². The largest absolute Gasteiger partial charge is 0.469 e. The summed E-state index contributed by atoms with van der Waals surface area (Å²) < 4.78 is 5.20. The predicted molar refractivity (Wildman–Crippen MR) is 92.6 cm³/mol. The van der Waals surface area contributed by atoms with Gasteiger partial charge in [-0.2, -0.15) is 0 Å². The summed E-state index contributed by atoms with van der Waals surface area (Å²) in [7, 11) is 1.45. The molecule has 25 heavy (non-hydrogen) atoms. The van der Waals surface area contributed by atoms with Crippen LogP contribution in [0.3, 0.4) is 0 Å². The number of allylic oxidation sites excluding steroid dienone is 1. The second-order valence-corrected chi connectivity index (χ2v) is 8.86. The van der Waals surface area contributed by atoms with Crippen LogP contribution in [0.1, 0.15) is 58.3 Å². The molecule has 4 aliphatic carbocycles. The number of hydrogen-bond donors (Lipinski definition) is 0. The minimum atomic E-state index is -0.597. The Balaban J connectivity index is 1.72. The Morgan fingerprint density at radius 2 is 1.96 bits per heavy atom. The van der Waals surface area contributed by atoms with E-state index in [-0.39, 0.29) is 29.0 Å². The van der Waals surface area contributed by atoms with Crippen LogP contribution >= 0.6 is 0 Å². The zero-order chi connectivity index (χ0) is 17.8. The van der Waals surface area contributed by atoms with Crippen molar-refractivity contribution < 1.29 is 19.1 Å². The summed E-state index contributed by atoms with van der Waals surface area (Å²) in [4.78, 5) is 36.4. The molecule has 3 fully saturated rings. The number of ketones is 1. The van der Waals surface area contributed by atoms with Gasteiger partial charge in [-0.25, -0.2) is 0 Å². The molecule has 0 unspecified atom stereocenters. The molecule has 6 atom stereocenters. The molecule has 0 spiro atoms. The standard InChI is InChI=1S/C21H28O4/c1-20-9-7-15(23)11-13(20)3-5-16-17(20)8-10-21(19(24)25-2)14(12-22)4-6-18(16)21/h11-12,14,16-18H,3-10H2,1-2H3/t14-,16-,17+,18+,20+,21+/m1/s1. The van der Waals surface area contributed by atoms with Gasteiger partial charge in [0.15, 0.2) is 5.78 Å². The second-order valence-electron chi connectivity index (χ2n) is 8.86. The van der Waals surface area contributed by atoms with Crippen LogP contribution in [0.4, 0.5) is 0 Å². The third-order valence-corrected chi connectivity index (χ3v) is 8.27. The number of methoxy groups -OCH3 is 1. The topological polar surface area (TPSA) is 60.4 Å². The monoisotopic (exact) mass is 344 g/mol. The van der Waals surface area contributed by atoms with Gasteiger partial charge in [0, 0.05) is 12.3 Å². The number of ether oxygens (including phenoxy) is 1. The van der Waals surface area contributed by atoms with Gasteiger partial charge in [0.2, 0.25) is 0 Å². The highest BCUT2D eigenvalue weighted by atomic mass is 16.5. The lowest BCUT2D eigenvalue weighted by molar-refractivity contribution is -0.169. The first-order valence-corrected chi connectivity index (χ1v) is 9.75. The molecule has 4 heteroatoms. The average molecular weight is 344 g/mol. The summed E-state index contributed by atoms with van der Waals surface area (Å²) in [5, 5.41) is 0. The van der Waals surface area contributed by atoms with Crippen molar-refractivity contribution in [1.29, 1.82) is 0 Å². The zero-order valence-corrected chi connectivity index (χ0v) is 15.3. The molecule has 0 bridgehead atoms. The first kappa shape index (κ1) is 17.0. The molecule has 0 aliphatic heterocycles. The van der Waals surface area contributed by atoms with E-state index in [2.05, 4.69) is 6.92 Å². The molecule has 0 aromatic heterocycles. The van der Waals surface area contributed by atoms with Gasteiger partial charge in [0.1, 0.15) is 6.29 Å². The lowest BCUT2D eigenvalue weighted by atomic mass is 9.46. The van der Waals surface area contributed by atoms with Crippen LogP contribution < -0.4 is 0 Å². The maximum Gasteiger partial charge on any atom is 0.312 e. The maximum absolute atomic E-state index is 12.8. The van der Waals surface area contributed by atoms with E-state index in [4.69, 9.17) is 4.74 Å². The fraction of sp³-hybridized carbons (Fsp3) is 0.762. The van der Waals surface area contributed by atoms with E-state index in [1.165, 1.54) is 12.7 Å². The van der Waals surface area contributed by atoms with Gasteiger partial charge in [0.05, 0.1) is 12.5 Å². The van der Waals surface area contributed by atoms with Crippen LogP contribution in [-0.4, -0.2) is 25.1 Å². The fourth-order valence-electron chi connectivity index (χ4n) is 7.06. The van der Waals surface area contributed by atoms with Gasteiger partial charge in [-0.05, 0) is 74.2 Å². The Morgan fingerprint density at radius 1 is 1.16 bits per heavy atom. The van der Waals surface area contributed by atoms with Crippen LogP contribution in [-0.2, 0) is 19.1 Å². The van der Waals surface area contributed by atoms with Crippen molar-refractivity contribution in [2.24, 2.45) is 34.5 Å². The molecular formula is C21H28O4. The molecule has 0 saturated heterocycles. The molecule has 4 aliphatic rings. The van der Waals surface area contributed by atoms with Crippen LogP contribution in [0.15, 0.2) is 11.6 Å². The van der Waals surface area contributed by atoms with Crippen molar-refractivity contribution in [2.45, 2.75) is 58.3 Å². The number of aldehydes is 1. The van der Waals surface area contributed by atoms with E-state index in [9.17, 15) is 14.4 Å². The number of fused-ring (bicyclic) bond motifs is 5. The molecule has 0 heterocycles. The molecule has 136 valence electrons. The predicted octanol–water partition coefficient (Wildman–Crippen LogP) is 3.49. The van der Waals surface area contributed by atoms with E-state index in [1.54, 1.807) is 0 Å². The summed E-state index contributed by atoms with van der Waals surface area (Å²) in [5.74, 6) is 1.15. The highest BCUT2D eigenvalue weighted by molar-refractivity contribution is 5.91. The van der Waals surface area contributed by atoms with Gasteiger partial charge >= 0.3 is 5.97 Å². The Morgan fingerprint density at radius 3 is 2.68 bits per heavy atom. The first-order valence-electron chi connectivity index (χ1n) is 9.75. The molecule has 0 N–H and O–H groups in total. The number of carbonyl (C=O) groups excluding carboxylic acids is 3. The van der Waals surface area contributed by atoms with E-state index >= 15 is 0 Å². The Bertz CT molecular complexity index is 650. The van der Waals surface area contributed by atoms with Crippen LogP contribution in [0.2, 0.25) is 0 Å². The second kappa shape index (κ2) is 5.78. The molecule has 0 radical (unpaired) electrons. The van der Waals surface area contributed by atoms with Gasteiger partial charge in [-0.1, -0.05) is 12.5 Å². The quantitative estimate of drug-likeness (QED) is 0.568. The molecule has 0 amide bonds. The summed E-state index contributed by atoms with van der Waals surface area (Å²) in [6.45, 7) is 2.33. The van der Waals surface area contributed by atoms with Crippen LogP contribution in [0.25, 0.3) is 0 Å². The first-order chi connectivity index (χ1) is 12.0. The van der Waals surface area contributed by atoms with Gasteiger partial charge in [-0.3, -0.25) is 9.59 Å². The van der Waals surface area contributed by atoms with Crippen molar-refractivity contribution >= 4 is 18.0 Å². The Kier molecular flexibility index (Phi) is 3.93. The normalized spacial score (nSPS) is 45.7. The Hall–Kier alpha value is -1.45. The van der Waals surface area contributed by atoms with Crippen molar-refractivity contribution in [1.82, 2.24) is 0 Å². The van der Waals surface area contributed by atoms with Crippen molar-refractivity contribution in [3.8, 4) is 0 Å². The fourth-order valence-corrected chi connectivity index (χ4v) is 7.06. The summed E-state index contributed by atoms with van der Waals surface area (Å²) in [6, 6.07) is 0. The molecule has 0 aromatic carbocycles. The van der Waals surface area contributed by atoms with Gasteiger partial charge in [-0.15, -0.1) is 0 Å². The highest BCUT2D eigenvalue weighted by Crippen LogP contribution is 2.66. The summed E-state index contributed by atoms with van der Waals surface area (Å²) in [5.41, 5.74) is 0.832. The summed E-state index contributed by atoms with van der Waals surface area (Å²) in [6.07, 6.45) is 9.97. The SMILES string of the molecule is COC(=O)[C@]12CC[C@H]3[C@@H](CCC4=CC(=O)CC[C@@]43C)[C@@H]1CC[C@@H]2C=O. The van der Waals surface area contributed by atoms with E-state index in [1.807, 2.05) is 6.08 Å². The molecular weight excluding hydrogens is 316 g/mol. The third kappa shape index (κ3) is 2.15. The van der Waals surface area contributed by atoms with Crippen molar-refractivity contribution in [3.63, 3.8) is 0 Å². The highest BCUT2D eigenvalue weighted by Gasteiger charge is 2.64. The Labute approximate surface area is 149 Å². The number of esters is 1. The number of carbonyl (C=O) groups is 3. The van der Waals surface area contributed by atoms with Gasteiger partial charge < -0.3 is 9.53 Å². The minimum absolute atomic E-state index is 0.0956. The number of hydrogen-bond acceptors (Lipinski definition) is 4. The summed E-state index contributed by atoms with van der Waals surface area (Å²) >= 11 is 0. The molecule has 4 nitrogen and oxygen atoms in total. The van der Waals surface area contributed by atoms with E-state index in [0.717, 1.165) is 51.2 Å². The minimum Gasteiger partial charge on any atom is -0.469 e. The van der Waals surface area contributed by atoms with E-state index < -0.39 is 5.41 Å². The molecule has 4 rings (SSSR count). The molecule has 0 aromatic rings. The average Bonchev–Trinajstić information content (AvgIpc) is 3.01. The third-order valence-electron chi connectivity index (χ3n) is 8.27. The maximum atomic E-state index is 12.8. The smallest absolute Gasteiger partial charge is 0.312 e. The van der Waals surface area contributed by atoms with Crippen molar-refractivity contribution in [2.75, 3.05) is 7.11 Å². The lowest BCUT2D eigenvalue weighted by Gasteiger charge is -2.57. The zero-order valence-electron chi connectivity index (χ0n) is 15.3. The van der Waals surface area contributed by atoms with E-state index in [0.29, 0.717) is 18.3 Å². The number of rotatable bonds is 2. The molecule has 3 saturated carbocycles. The lowest BCUT2D eigenvalue weighted by Crippen LogP contribution is -2.54. The van der Waals surface area contributed by atoms with Crippen molar-refractivity contribution in [3.05, 3.63) is 11.6 Å². The van der Waals surface area contributed by atoms with Crippen LogP contribution in [0.5, 0.6) is 0 Å². The van der Waals surface area contributed by atoms with Crippen LogP contribution in [0, 0.1) is 34.5 Å².